The minimum Gasteiger partial charge on any atom is -0.486 e. The lowest BCUT2D eigenvalue weighted by atomic mass is 10.4. The number of H-pyrrole nitrogens is 1. The number of aromatic amines is 1. The highest BCUT2D eigenvalue weighted by Gasteiger charge is 2.10. The molecule has 0 spiro atoms. The number of imidazole rings is 2. The zero-order valence-corrected chi connectivity index (χ0v) is 9.99. The van der Waals surface area contributed by atoms with Gasteiger partial charge in [0.25, 0.3) is 0 Å². The molecule has 0 saturated heterocycles. The van der Waals surface area contributed by atoms with Crippen molar-refractivity contribution in [3.05, 3.63) is 24.3 Å². The molecule has 17 heavy (non-hydrogen) atoms. The standard InChI is InChI=1S/C10H11N5OS/c1-16-8-4-12-9(17-8)7-5-15-6(2-11)3-13-10(15)14-7/h3-5H,2,11H2,1H3,(H,13,14). The highest BCUT2D eigenvalue weighted by molar-refractivity contribution is 7.16. The van der Waals surface area contributed by atoms with Gasteiger partial charge in [0.1, 0.15) is 5.01 Å². The molecule has 3 heterocycles. The lowest BCUT2D eigenvalue weighted by Crippen LogP contribution is -1.98. The van der Waals surface area contributed by atoms with Gasteiger partial charge in [0.05, 0.1) is 30.9 Å². The van der Waals surface area contributed by atoms with Gasteiger partial charge in [-0.1, -0.05) is 11.3 Å². The van der Waals surface area contributed by atoms with E-state index in [4.69, 9.17) is 10.5 Å². The van der Waals surface area contributed by atoms with E-state index >= 15 is 0 Å². The van der Waals surface area contributed by atoms with Gasteiger partial charge in [0.15, 0.2) is 5.06 Å². The van der Waals surface area contributed by atoms with Crippen molar-refractivity contribution in [1.82, 2.24) is 19.4 Å². The Balaban J connectivity index is 2.08. The Morgan fingerprint density at radius 3 is 3.06 bits per heavy atom. The van der Waals surface area contributed by atoms with E-state index in [0.717, 1.165) is 27.2 Å². The molecule has 0 aliphatic heterocycles. The van der Waals surface area contributed by atoms with Gasteiger partial charge >= 0.3 is 0 Å². The molecule has 3 aromatic rings. The Labute approximate surface area is 101 Å². The van der Waals surface area contributed by atoms with Crippen LogP contribution in [0.5, 0.6) is 5.06 Å². The molecule has 0 amide bonds. The first-order chi connectivity index (χ1) is 8.31. The third kappa shape index (κ3) is 1.60. The second kappa shape index (κ2) is 3.86. The molecule has 3 rings (SSSR count). The van der Waals surface area contributed by atoms with Crippen molar-refractivity contribution in [2.24, 2.45) is 5.73 Å². The van der Waals surface area contributed by atoms with E-state index < -0.39 is 0 Å². The molecule has 0 unspecified atom stereocenters. The van der Waals surface area contributed by atoms with Crippen LogP contribution >= 0.6 is 11.3 Å². The van der Waals surface area contributed by atoms with Gasteiger partial charge in [-0.25, -0.2) is 9.97 Å². The van der Waals surface area contributed by atoms with Gasteiger partial charge in [-0.15, -0.1) is 0 Å². The van der Waals surface area contributed by atoms with Crippen molar-refractivity contribution in [3.8, 4) is 15.8 Å². The maximum atomic E-state index is 5.63. The Kier molecular flexibility index (Phi) is 2.34. The van der Waals surface area contributed by atoms with E-state index in [1.54, 1.807) is 19.5 Å². The fraction of sp³-hybridized carbons (Fsp3) is 0.200. The largest absolute Gasteiger partial charge is 0.486 e. The molecule has 0 aliphatic carbocycles. The van der Waals surface area contributed by atoms with Gasteiger partial charge < -0.3 is 15.5 Å². The monoisotopic (exact) mass is 249 g/mol. The number of fused-ring (bicyclic) bond motifs is 1. The molecule has 88 valence electrons. The van der Waals surface area contributed by atoms with Crippen LogP contribution in [0, 0.1) is 0 Å². The smallest absolute Gasteiger partial charge is 0.211 e. The van der Waals surface area contributed by atoms with E-state index in [0.29, 0.717) is 6.54 Å². The van der Waals surface area contributed by atoms with Crippen LogP contribution in [0.25, 0.3) is 16.5 Å². The maximum absolute atomic E-state index is 5.63. The predicted molar refractivity (Wildman–Crippen MR) is 65.1 cm³/mol. The Morgan fingerprint density at radius 2 is 2.35 bits per heavy atom. The first kappa shape index (κ1) is 10.3. The minimum atomic E-state index is 0.458. The van der Waals surface area contributed by atoms with Crippen molar-refractivity contribution in [2.75, 3.05) is 7.11 Å². The number of nitrogens with two attached hydrogens (primary N) is 1. The summed E-state index contributed by atoms with van der Waals surface area (Å²) >= 11 is 1.48. The van der Waals surface area contributed by atoms with Crippen LogP contribution in [0.4, 0.5) is 0 Å². The molecule has 0 aliphatic rings. The average Bonchev–Trinajstić information content (AvgIpc) is 3.02. The number of rotatable bonds is 3. The first-order valence-corrected chi connectivity index (χ1v) is 5.88. The number of hydrogen-bond donors (Lipinski definition) is 2. The number of nitrogens with one attached hydrogen (secondary N) is 1. The Morgan fingerprint density at radius 1 is 1.47 bits per heavy atom. The van der Waals surface area contributed by atoms with E-state index in [9.17, 15) is 0 Å². The summed E-state index contributed by atoms with van der Waals surface area (Å²) < 4.78 is 7.05. The number of ether oxygens (including phenoxy) is 1. The molecule has 7 heteroatoms. The molecule has 6 nitrogen and oxygen atoms in total. The van der Waals surface area contributed by atoms with Crippen molar-refractivity contribution >= 4 is 17.1 Å². The summed E-state index contributed by atoms with van der Waals surface area (Å²) in [5.74, 6) is 0.773. The number of methoxy groups -OCH3 is 1. The molecule has 0 bridgehead atoms. The third-order valence-corrected chi connectivity index (χ3v) is 3.50. The van der Waals surface area contributed by atoms with Crippen molar-refractivity contribution in [1.29, 1.82) is 0 Å². The quantitative estimate of drug-likeness (QED) is 0.732. The van der Waals surface area contributed by atoms with E-state index in [1.807, 2.05) is 10.6 Å². The summed E-state index contributed by atoms with van der Waals surface area (Å²) in [5, 5.41) is 1.65. The highest BCUT2D eigenvalue weighted by atomic mass is 32.1. The summed E-state index contributed by atoms with van der Waals surface area (Å²) in [4.78, 5) is 11.7. The minimum absolute atomic E-state index is 0.458. The predicted octanol–water partition coefficient (Wildman–Crippen LogP) is 1.25. The lowest BCUT2D eigenvalue weighted by molar-refractivity contribution is 0.426. The topological polar surface area (TPSA) is 81.2 Å². The number of thiazole rings is 1. The molecular weight excluding hydrogens is 238 g/mol. The zero-order chi connectivity index (χ0) is 11.8. The van der Waals surface area contributed by atoms with Gasteiger partial charge in [-0.3, -0.25) is 4.40 Å². The number of hydrogen-bond acceptors (Lipinski definition) is 5. The number of aromatic nitrogens is 4. The fourth-order valence-corrected chi connectivity index (χ4v) is 2.35. The van der Waals surface area contributed by atoms with E-state index in [-0.39, 0.29) is 0 Å². The van der Waals surface area contributed by atoms with Crippen LogP contribution in [0.2, 0.25) is 0 Å². The molecule has 0 saturated carbocycles. The molecule has 3 N–H and O–H groups in total. The van der Waals surface area contributed by atoms with Gasteiger partial charge in [0.2, 0.25) is 5.78 Å². The fourth-order valence-electron chi connectivity index (χ4n) is 1.65. The van der Waals surface area contributed by atoms with Crippen LogP contribution in [0.3, 0.4) is 0 Å². The van der Waals surface area contributed by atoms with Crippen molar-refractivity contribution in [2.45, 2.75) is 6.54 Å². The molecular formula is C10H11N5OS. The summed E-state index contributed by atoms with van der Waals surface area (Å²) in [6.45, 7) is 0.458. The van der Waals surface area contributed by atoms with Crippen LogP contribution in [-0.2, 0) is 6.54 Å². The SMILES string of the molecule is COc1cnc(-c2cn3c(CN)cnc3[nH]2)s1. The molecule has 3 aromatic heterocycles. The van der Waals surface area contributed by atoms with Crippen LogP contribution in [0.1, 0.15) is 5.69 Å². The Hall–Kier alpha value is -1.86. The van der Waals surface area contributed by atoms with Crippen molar-refractivity contribution < 1.29 is 4.74 Å². The van der Waals surface area contributed by atoms with Gasteiger partial charge in [-0.2, -0.15) is 0 Å². The van der Waals surface area contributed by atoms with Crippen molar-refractivity contribution in [3.63, 3.8) is 0 Å². The highest BCUT2D eigenvalue weighted by Crippen LogP contribution is 2.29. The summed E-state index contributed by atoms with van der Waals surface area (Å²) in [7, 11) is 1.63. The van der Waals surface area contributed by atoms with E-state index in [2.05, 4.69) is 15.0 Å². The van der Waals surface area contributed by atoms with Gasteiger partial charge in [0, 0.05) is 12.7 Å². The molecule has 0 fully saturated rings. The lowest BCUT2D eigenvalue weighted by Gasteiger charge is -1.90. The summed E-state index contributed by atoms with van der Waals surface area (Å²) in [6.07, 6.45) is 5.41. The summed E-state index contributed by atoms with van der Waals surface area (Å²) in [5.41, 5.74) is 7.50. The molecule has 0 atom stereocenters. The zero-order valence-electron chi connectivity index (χ0n) is 9.17. The van der Waals surface area contributed by atoms with Gasteiger partial charge in [-0.05, 0) is 0 Å². The first-order valence-electron chi connectivity index (χ1n) is 5.07. The van der Waals surface area contributed by atoms with E-state index in [1.165, 1.54) is 11.3 Å². The second-order valence-corrected chi connectivity index (χ2v) is 4.50. The number of nitrogens with zero attached hydrogens (tertiary/aromatic N) is 3. The third-order valence-electron chi connectivity index (χ3n) is 2.50. The van der Waals surface area contributed by atoms with Crippen LogP contribution < -0.4 is 10.5 Å². The Bertz CT molecular complexity index is 653. The average molecular weight is 249 g/mol. The van der Waals surface area contributed by atoms with Crippen LogP contribution in [-0.4, -0.2) is 26.5 Å². The summed E-state index contributed by atoms with van der Waals surface area (Å²) in [6, 6.07) is 0. The normalized spacial score (nSPS) is 11.2. The molecule has 0 aromatic carbocycles. The second-order valence-electron chi connectivity index (χ2n) is 3.50. The molecule has 0 radical (unpaired) electrons. The van der Waals surface area contributed by atoms with Crippen LogP contribution in [0.15, 0.2) is 18.6 Å². The maximum Gasteiger partial charge on any atom is 0.211 e.